The largest absolute Gasteiger partial charge is 0.498 e. The smallest absolute Gasteiger partial charge is 0.472 e. The Labute approximate surface area is 289 Å². The summed E-state index contributed by atoms with van der Waals surface area (Å²) >= 11 is 0. The first-order valence-electron chi connectivity index (χ1n) is 19.4. The predicted molar refractivity (Wildman–Crippen MR) is 196 cm³/mol. The molecule has 0 aromatic heterocycles. The number of ether oxygens (including phenoxy) is 2. The van der Waals surface area contributed by atoms with Crippen LogP contribution >= 0.6 is 7.82 Å². The minimum atomic E-state index is -4.28. The second-order valence-corrected chi connectivity index (χ2v) is 14.3. The summed E-state index contributed by atoms with van der Waals surface area (Å²) in [6.45, 7) is 4.22. The van der Waals surface area contributed by atoms with Crippen LogP contribution in [0, 0.1) is 0 Å². The highest BCUT2D eigenvalue weighted by Crippen LogP contribution is 2.43. The second-order valence-electron chi connectivity index (χ2n) is 12.9. The van der Waals surface area contributed by atoms with Crippen molar-refractivity contribution >= 4 is 13.8 Å². The fourth-order valence-electron chi connectivity index (χ4n) is 5.31. The number of phosphoric ester groups is 1. The number of hydrogen-bond donors (Lipinski definition) is 2. The van der Waals surface area contributed by atoms with Crippen LogP contribution in [0.1, 0.15) is 181 Å². The molecule has 0 aliphatic heterocycles. The zero-order chi connectivity index (χ0) is 34.5. The Morgan fingerprint density at radius 3 is 1.60 bits per heavy atom. The lowest BCUT2D eigenvalue weighted by Gasteiger charge is -2.19. The van der Waals surface area contributed by atoms with Crippen LogP contribution in [0.15, 0.2) is 24.5 Å². The van der Waals surface area contributed by atoms with Crippen LogP contribution < -0.4 is 5.73 Å². The van der Waals surface area contributed by atoms with E-state index in [1.807, 2.05) is 6.08 Å². The molecular weight excluding hydrogens is 613 g/mol. The van der Waals surface area contributed by atoms with Gasteiger partial charge in [0.05, 0.1) is 19.5 Å². The van der Waals surface area contributed by atoms with E-state index in [-0.39, 0.29) is 32.3 Å². The van der Waals surface area contributed by atoms with Crippen molar-refractivity contribution in [3.05, 3.63) is 24.5 Å². The lowest BCUT2D eigenvalue weighted by atomic mass is 10.0. The third kappa shape index (κ3) is 35.9. The molecule has 0 aliphatic carbocycles. The van der Waals surface area contributed by atoms with Gasteiger partial charge < -0.3 is 20.1 Å². The van der Waals surface area contributed by atoms with E-state index in [1.165, 1.54) is 128 Å². The third-order valence-corrected chi connectivity index (χ3v) is 9.17. The fourth-order valence-corrected chi connectivity index (χ4v) is 6.07. The Hall–Kier alpha value is -1.18. The van der Waals surface area contributed by atoms with E-state index in [0.29, 0.717) is 6.42 Å². The normalized spacial score (nSPS) is 13.8. The summed E-state index contributed by atoms with van der Waals surface area (Å²) in [5, 5.41) is 0. The number of phosphoric acid groups is 1. The van der Waals surface area contributed by atoms with Crippen LogP contribution in [0.5, 0.6) is 0 Å². The van der Waals surface area contributed by atoms with Gasteiger partial charge in [-0.2, -0.15) is 0 Å². The van der Waals surface area contributed by atoms with Crippen molar-refractivity contribution in [3.8, 4) is 0 Å². The lowest BCUT2D eigenvalue weighted by molar-refractivity contribution is -0.153. The number of rotatable bonds is 37. The number of carbonyl (C=O) groups excluding carboxylic acids is 1. The van der Waals surface area contributed by atoms with E-state index in [2.05, 4.69) is 26.0 Å². The molecule has 3 N–H and O–H groups in total. The molecule has 0 amide bonds. The highest BCUT2D eigenvalue weighted by molar-refractivity contribution is 7.47. The van der Waals surface area contributed by atoms with Gasteiger partial charge in [-0.3, -0.25) is 13.8 Å². The van der Waals surface area contributed by atoms with Gasteiger partial charge in [0.2, 0.25) is 0 Å². The molecule has 0 heterocycles. The van der Waals surface area contributed by atoms with Crippen molar-refractivity contribution in [3.63, 3.8) is 0 Å². The molecule has 0 rings (SSSR count). The lowest BCUT2D eigenvalue weighted by Crippen LogP contribution is -2.27. The van der Waals surface area contributed by atoms with Crippen molar-refractivity contribution in [2.45, 2.75) is 187 Å². The summed E-state index contributed by atoms with van der Waals surface area (Å²) in [7, 11) is -4.28. The van der Waals surface area contributed by atoms with Gasteiger partial charge in [-0.25, -0.2) is 4.57 Å². The van der Waals surface area contributed by atoms with E-state index in [9.17, 15) is 14.3 Å². The summed E-state index contributed by atoms with van der Waals surface area (Å²) < 4.78 is 33.0. The summed E-state index contributed by atoms with van der Waals surface area (Å²) in [5.74, 6) is -0.354. The molecule has 278 valence electrons. The van der Waals surface area contributed by atoms with Gasteiger partial charge in [-0.05, 0) is 51.0 Å². The van der Waals surface area contributed by atoms with Gasteiger partial charge in [0.15, 0.2) is 6.10 Å². The Balaban J connectivity index is 4.13. The van der Waals surface area contributed by atoms with Crippen LogP contribution in [0.4, 0.5) is 0 Å². The predicted octanol–water partition coefficient (Wildman–Crippen LogP) is 11.3. The SMILES string of the molecule is CCCCCC/C=C\CCCCCCCC/C=C\OC[C@H](COP(=O)(O)OCCN)OC(=O)CCCCCCCCCCCCCC. The van der Waals surface area contributed by atoms with Crippen molar-refractivity contribution in [1.82, 2.24) is 0 Å². The molecule has 1 unspecified atom stereocenters. The maximum Gasteiger partial charge on any atom is 0.472 e. The Bertz CT molecular complexity index is 777. The molecule has 2 atom stereocenters. The summed E-state index contributed by atoms with van der Waals surface area (Å²) in [5.41, 5.74) is 5.34. The van der Waals surface area contributed by atoms with E-state index < -0.39 is 13.9 Å². The number of unbranched alkanes of at least 4 members (excludes halogenated alkanes) is 22. The van der Waals surface area contributed by atoms with E-state index in [1.54, 1.807) is 6.26 Å². The van der Waals surface area contributed by atoms with Crippen molar-refractivity contribution < 1.29 is 32.8 Å². The number of carbonyl (C=O) groups is 1. The first kappa shape index (κ1) is 45.8. The molecule has 0 saturated heterocycles. The van der Waals surface area contributed by atoms with Gasteiger partial charge in [0.1, 0.15) is 6.61 Å². The highest BCUT2D eigenvalue weighted by Gasteiger charge is 2.25. The first-order valence-corrected chi connectivity index (χ1v) is 20.9. The molecule has 9 heteroatoms. The topological polar surface area (TPSA) is 117 Å². The third-order valence-electron chi connectivity index (χ3n) is 8.19. The Morgan fingerprint density at radius 2 is 1.09 bits per heavy atom. The van der Waals surface area contributed by atoms with Crippen LogP contribution in [0.2, 0.25) is 0 Å². The molecule has 47 heavy (non-hydrogen) atoms. The van der Waals surface area contributed by atoms with E-state index >= 15 is 0 Å². The molecule has 0 aromatic carbocycles. The zero-order valence-corrected chi connectivity index (χ0v) is 31.4. The maximum absolute atomic E-state index is 12.5. The molecule has 0 spiro atoms. The Morgan fingerprint density at radius 1 is 0.638 bits per heavy atom. The quantitative estimate of drug-likeness (QED) is 0.0218. The van der Waals surface area contributed by atoms with Crippen molar-refractivity contribution in [2.75, 3.05) is 26.4 Å². The molecule has 8 nitrogen and oxygen atoms in total. The fraction of sp³-hybridized carbons (Fsp3) is 0.868. The maximum atomic E-state index is 12.5. The van der Waals surface area contributed by atoms with E-state index in [4.69, 9.17) is 24.3 Å². The number of esters is 1. The van der Waals surface area contributed by atoms with Gasteiger partial charge in [0, 0.05) is 13.0 Å². The van der Waals surface area contributed by atoms with Crippen LogP contribution in [0.25, 0.3) is 0 Å². The molecule has 0 fully saturated rings. The van der Waals surface area contributed by atoms with Crippen LogP contribution in [-0.4, -0.2) is 43.3 Å². The van der Waals surface area contributed by atoms with E-state index in [0.717, 1.165) is 32.1 Å². The number of hydrogen-bond acceptors (Lipinski definition) is 7. The number of nitrogens with two attached hydrogens (primary N) is 1. The van der Waals surface area contributed by atoms with Crippen molar-refractivity contribution in [2.24, 2.45) is 5.73 Å². The summed E-state index contributed by atoms with van der Waals surface area (Å²) in [4.78, 5) is 22.3. The number of allylic oxidation sites excluding steroid dienone is 3. The summed E-state index contributed by atoms with van der Waals surface area (Å²) in [6, 6.07) is 0. The highest BCUT2D eigenvalue weighted by atomic mass is 31.2. The van der Waals surface area contributed by atoms with Crippen molar-refractivity contribution in [1.29, 1.82) is 0 Å². The monoisotopic (exact) mass is 688 g/mol. The van der Waals surface area contributed by atoms with Gasteiger partial charge in [0.25, 0.3) is 0 Å². The van der Waals surface area contributed by atoms with Gasteiger partial charge >= 0.3 is 13.8 Å². The molecule has 0 aliphatic rings. The average Bonchev–Trinajstić information content (AvgIpc) is 3.06. The molecular formula is C38H74NO7P. The second kappa shape index (κ2) is 36.1. The van der Waals surface area contributed by atoms with Gasteiger partial charge in [-0.15, -0.1) is 0 Å². The summed E-state index contributed by atoms with van der Waals surface area (Å²) in [6.07, 6.45) is 38.5. The molecule has 0 radical (unpaired) electrons. The van der Waals surface area contributed by atoms with Crippen LogP contribution in [0.3, 0.4) is 0 Å². The molecule has 0 saturated carbocycles. The molecule has 0 bridgehead atoms. The van der Waals surface area contributed by atoms with Gasteiger partial charge in [-0.1, -0.05) is 142 Å². The Kier molecular flexibility index (Phi) is 35.2. The standard InChI is InChI=1S/C38H74NO7P/c1-3-5-7-9-11-13-15-17-18-19-20-22-24-26-28-30-33-43-35-37(36-45-47(41,42)44-34-32-39)46-38(40)31-29-27-25-23-21-16-14-12-10-8-6-4-2/h13,15,30,33,37H,3-12,14,16-29,31-32,34-36,39H2,1-2H3,(H,41,42)/b15-13-,33-30-/t37-/m1/s1. The minimum Gasteiger partial charge on any atom is -0.498 e. The molecule has 0 aromatic rings. The van der Waals surface area contributed by atoms with Crippen LogP contribution in [-0.2, 0) is 27.9 Å². The first-order chi connectivity index (χ1) is 22.9. The zero-order valence-electron chi connectivity index (χ0n) is 30.5. The average molecular weight is 688 g/mol. The minimum absolute atomic E-state index is 0.0325.